The molecule has 1 aliphatic heterocycles. The van der Waals surface area contributed by atoms with Crippen molar-refractivity contribution < 1.29 is 4.74 Å². The molecule has 0 spiro atoms. The highest BCUT2D eigenvalue weighted by atomic mass is 16.6. The molecule has 3 unspecified atom stereocenters. The fourth-order valence-corrected chi connectivity index (χ4v) is 2.29. The van der Waals surface area contributed by atoms with Crippen LogP contribution in [0.1, 0.15) is 65.7 Å². The van der Waals surface area contributed by atoms with Gasteiger partial charge in [0.15, 0.2) is 0 Å². The summed E-state index contributed by atoms with van der Waals surface area (Å²) in [5.41, 5.74) is 0. The van der Waals surface area contributed by atoms with Crippen LogP contribution in [0.2, 0.25) is 0 Å². The molecule has 3 atom stereocenters. The Balaban J connectivity index is 2.15. The van der Waals surface area contributed by atoms with Crippen LogP contribution < -0.4 is 0 Å². The predicted octanol–water partition coefficient (Wildman–Crippen LogP) is 4.16. The summed E-state index contributed by atoms with van der Waals surface area (Å²) in [4.78, 5) is 0. The Morgan fingerprint density at radius 2 is 1.57 bits per heavy atom. The number of unbranched alkanes of at least 4 members (excludes halogenated alkanes) is 3. The monoisotopic (exact) mass is 198 g/mol. The average molecular weight is 198 g/mol. The van der Waals surface area contributed by atoms with E-state index in [1.165, 1.54) is 44.9 Å². The van der Waals surface area contributed by atoms with Crippen LogP contribution in [0.4, 0.5) is 0 Å². The molecule has 0 aromatic rings. The summed E-state index contributed by atoms with van der Waals surface area (Å²) in [5.74, 6) is 0.858. The molecule has 1 heteroatoms. The second-order valence-electron chi connectivity index (χ2n) is 4.70. The third-order valence-electron chi connectivity index (χ3n) is 3.33. The van der Waals surface area contributed by atoms with Crippen LogP contribution in [0.5, 0.6) is 0 Å². The zero-order valence-corrected chi connectivity index (χ0v) is 10.1. The standard InChI is InChI=1S/C13H26O/c1-4-6-8-10-12(9-7-5-2)13-11(3)14-13/h11-13H,4-10H2,1-3H3. The topological polar surface area (TPSA) is 12.5 Å². The van der Waals surface area contributed by atoms with Gasteiger partial charge < -0.3 is 4.74 Å². The molecular weight excluding hydrogens is 172 g/mol. The van der Waals surface area contributed by atoms with Crippen molar-refractivity contribution in [1.29, 1.82) is 0 Å². The van der Waals surface area contributed by atoms with Crippen molar-refractivity contribution >= 4 is 0 Å². The molecular formula is C13H26O. The molecule has 0 amide bonds. The van der Waals surface area contributed by atoms with E-state index in [-0.39, 0.29) is 0 Å². The van der Waals surface area contributed by atoms with E-state index in [2.05, 4.69) is 20.8 Å². The van der Waals surface area contributed by atoms with Gasteiger partial charge in [-0.2, -0.15) is 0 Å². The van der Waals surface area contributed by atoms with Crippen molar-refractivity contribution in [2.45, 2.75) is 77.9 Å². The summed E-state index contributed by atoms with van der Waals surface area (Å²) in [6.07, 6.45) is 10.8. The van der Waals surface area contributed by atoms with Crippen molar-refractivity contribution in [3.05, 3.63) is 0 Å². The minimum absolute atomic E-state index is 0.554. The molecule has 1 rings (SSSR count). The zero-order valence-electron chi connectivity index (χ0n) is 10.1. The maximum Gasteiger partial charge on any atom is 0.0867 e. The van der Waals surface area contributed by atoms with Crippen LogP contribution in [0.3, 0.4) is 0 Å². The molecule has 1 nitrogen and oxygen atoms in total. The molecule has 0 bridgehead atoms. The van der Waals surface area contributed by atoms with Gasteiger partial charge in [0.25, 0.3) is 0 Å². The smallest absolute Gasteiger partial charge is 0.0867 e. The molecule has 0 N–H and O–H groups in total. The van der Waals surface area contributed by atoms with Crippen LogP contribution in [0.15, 0.2) is 0 Å². The highest BCUT2D eigenvalue weighted by molar-refractivity contribution is 4.87. The summed E-state index contributed by atoms with van der Waals surface area (Å²) in [7, 11) is 0. The predicted molar refractivity (Wildman–Crippen MR) is 61.5 cm³/mol. The van der Waals surface area contributed by atoms with Gasteiger partial charge in [-0.15, -0.1) is 0 Å². The lowest BCUT2D eigenvalue weighted by atomic mass is 9.91. The van der Waals surface area contributed by atoms with Gasteiger partial charge in [0.05, 0.1) is 12.2 Å². The average Bonchev–Trinajstić information content (AvgIpc) is 2.89. The lowest BCUT2D eigenvalue weighted by molar-refractivity contribution is 0.286. The molecule has 0 aliphatic carbocycles. The first-order valence-electron chi connectivity index (χ1n) is 6.45. The van der Waals surface area contributed by atoms with Gasteiger partial charge >= 0.3 is 0 Å². The molecule has 1 aliphatic rings. The lowest BCUT2D eigenvalue weighted by Crippen LogP contribution is -2.10. The van der Waals surface area contributed by atoms with Gasteiger partial charge in [0.1, 0.15) is 0 Å². The van der Waals surface area contributed by atoms with Gasteiger partial charge in [0, 0.05) is 0 Å². The second-order valence-corrected chi connectivity index (χ2v) is 4.70. The number of rotatable bonds is 8. The van der Waals surface area contributed by atoms with Crippen molar-refractivity contribution in [3.63, 3.8) is 0 Å². The van der Waals surface area contributed by atoms with E-state index in [0.717, 1.165) is 5.92 Å². The number of epoxide rings is 1. The Labute approximate surface area is 89.2 Å². The summed E-state index contributed by atoms with van der Waals surface area (Å²) in [6, 6.07) is 0. The van der Waals surface area contributed by atoms with E-state index in [9.17, 15) is 0 Å². The Hall–Kier alpha value is -0.0400. The maximum absolute atomic E-state index is 5.61. The summed E-state index contributed by atoms with van der Waals surface area (Å²) in [5, 5.41) is 0. The SMILES string of the molecule is CCCCCC(CCCC)C1OC1C. The molecule has 1 heterocycles. The molecule has 0 saturated carbocycles. The molecule has 14 heavy (non-hydrogen) atoms. The third-order valence-corrected chi connectivity index (χ3v) is 3.33. The van der Waals surface area contributed by atoms with Crippen LogP contribution in [-0.4, -0.2) is 12.2 Å². The van der Waals surface area contributed by atoms with Gasteiger partial charge in [-0.1, -0.05) is 46.0 Å². The van der Waals surface area contributed by atoms with Gasteiger partial charge in [-0.05, 0) is 25.7 Å². The fraction of sp³-hybridized carbons (Fsp3) is 1.00. The molecule has 1 saturated heterocycles. The normalized spacial score (nSPS) is 27.6. The first-order valence-corrected chi connectivity index (χ1v) is 6.45. The maximum atomic E-state index is 5.61. The lowest BCUT2D eigenvalue weighted by Gasteiger charge is -2.13. The summed E-state index contributed by atoms with van der Waals surface area (Å²) in [6.45, 7) is 6.76. The van der Waals surface area contributed by atoms with Crippen molar-refractivity contribution in [1.82, 2.24) is 0 Å². The van der Waals surface area contributed by atoms with E-state index >= 15 is 0 Å². The molecule has 0 aromatic heterocycles. The van der Waals surface area contributed by atoms with E-state index < -0.39 is 0 Å². The Kier molecular flexibility index (Phi) is 5.54. The van der Waals surface area contributed by atoms with E-state index in [1.807, 2.05) is 0 Å². The van der Waals surface area contributed by atoms with Crippen LogP contribution in [0.25, 0.3) is 0 Å². The molecule has 0 radical (unpaired) electrons. The Morgan fingerprint density at radius 1 is 1.00 bits per heavy atom. The zero-order chi connectivity index (χ0) is 10.4. The molecule has 1 fully saturated rings. The van der Waals surface area contributed by atoms with Gasteiger partial charge in [-0.25, -0.2) is 0 Å². The quantitative estimate of drug-likeness (QED) is 0.421. The van der Waals surface area contributed by atoms with E-state index in [0.29, 0.717) is 12.2 Å². The fourth-order valence-electron chi connectivity index (χ4n) is 2.29. The minimum Gasteiger partial charge on any atom is -0.370 e. The first-order chi connectivity index (χ1) is 6.79. The van der Waals surface area contributed by atoms with Crippen LogP contribution >= 0.6 is 0 Å². The van der Waals surface area contributed by atoms with Gasteiger partial charge in [-0.3, -0.25) is 0 Å². The van der Waals surface area contributed by atoms with E-state index in [1.54, 1.807) is 0 Å². The minimum atomic E-state index is 0.554. The number of hydrogen-bond acceptors (Lipinski definition) is 1. The second kappa shape index (κ2) is 6.44. The highest BCUT2D eigenvalue weighted by Crippen LogP contribution is 2.35. The van der Waals surface area contributed by atoms with Gasteiger partial charge in [0.2, 0.25) is 0 Å². The number of ether oxygens (including phenoxy) is 1. The van der Waals surface area contributed by atoms with E-state index in [4.69, 9.17) is 4.74 Å². The van der Waals surface area contributed by atoms with Crippen LogP contribution in [0, 0.1) is 5.92 Å². The molecule has 0 aromatic carbocycles. The largest absolute Gasteiger partial charge is 0.370 e. The first kappa shape index (κ1) is 12.0. The molecule has 84 valence electrons. The number of hydrogen-bond donors (Lipinski definition) is 0. The third kappa shape index (κ3) is 4.00. The summed E-state index contributed by atoms with van der Waals surface area (Å²) >= 11 is 0. The summed E-state index contributed by atoms with van der Waals surface area (Å²) < 4.78 is 5.61. The van der Waals surface area contributed by atoms with Crippen molar-refractivity contribution in [3.8, 4) is 0 Å². The van der Waals surface area contributed by atoms with Crippen molar-refractivity contribution in [2.24, 2.45) is 5.92 Å². The Bertz CT molecular complexity index is 144. The highest BCUT2D eigenvalue weighted by Gasteiger charge is 2.40. The van der Waals surface area contributed by atoms with Crippen LogP contribution in [-0.2, 0) is 4.74 Å². The van der Waals surface area contributed by atoms with Crippen molar-refractivity contribution in [2.75, 3.05) is 0 Å². The Morgan fingerprint density at radius 3 is 2.07 bits per heavy atom.